The van der Waals surface area contributed by atoms with E-state index in [2.05, 4.69) is 11.1 Å². The summed E-state index contributed by atoms with van der Waals surface area (Å²) in [7, 11) is 0. The molecule has 0 bridgehead atoms. The van der Waals surface area contributed by atoms with Crippen molar-refractivity contribution >= 4 is 10.9 Å². The molecule has 0 aliphatic carbocycles. The van der Waals surface area contributed by atoms with Crippen LogP contribution in [-0.2, 0) is 0 Å². The predicted octanol–water partition coefficient (Wildman–Crippen LogP) is 2.44. The van der Waals surface area contributed by atoms with E-state index >= 15 is 0 Å². The maximum Gasteiger partial charge on any atom is 0.117 e. The lowest BCUT2D eigenvalue weighted by Gasteiger charge is -1.90. The minimum atomic E-state index is 0.938. The molecule has 2 heterocycles. The first-order chi connectivity index (χ1) is 5.27. The van der Waals surface area contributed by atoms with Crippen molar-refractivity contribution in [1.29, 1.82) is 0 Å². The van der Waals surface area contributed by atoms with E-state index in [9.17, 15) is 0 Å². The van der Waals surface area contributed by atoms with Crippen molar-refractivity contribution in [2.24, 2.45) is 0 Å². The topological polar surface area (TPSA) is 26.0 Å². The molecule has 2 rings (SSSR count). The third kappa shape index (κ3) is 0.909. The highest BCUT2D eigenvalue weighted by Gasteiger charge is 2.01. The average Bonchev–Trinajstić information content (AvgIpc) is 2.33. The fourth-order valence-electron chi connectivity index (χ4n) is 1.16. The van der Waals surface area contributed by atoms with Crippen molar-refractivity contribution in [2.75, 3.05) is 0 Å². The molecule has 0 aliphatic rings. The first-order valence-electron chi connectivity index (χ1n) is 3.58. The van der Waals surface area contributed by atoms with Gasteiger partial charge in [0, 0.05) is 11.6 Å². The molecule has 2 heteroatoms. The molecule has 0 aromatic carbocycles. The van der Waals surface area contributed by atoms with Gasteiger partial charge in [-0.25, -0.2) is 0 Å². The summed E-state index contributed by atoms with van der Waals surface area (Å²) >= 11 is 0. The number of aryl methyl sites for hydroxylation is 2. The van der Waals surface area contributed by atoms with Crippen LogP contribution in [0.5, 0.6) is 0 Å². The van der Waals surface area contributed by atoms with Gasteiger partial charge >= 0.3 is 0 Å². The van der Waals surface area contributed by atoms with Crippen molar-refractivity contribution in [2.45, 2.75) is 13.8 Å². The van der Waals surface area contributed by atoms with Gasteiger partial charge in [0.05, 0.1) is 0 Å². The number of furan rings is 1. The number of hydrogen-bond donors (Lipinski definition) is 0. The van der Waals surface area contributed by atoms with Crippen molar-refractivity contribution in [3.63, 3.8) is 0 Å². The molecule has 0 aliphatic heterocycles. The van der Waals surface area contributed by atoms with Crippen molar-refractivity contribution in [3.8, 4) is 0 Å². The summed E-state index contributed by atoms with van der Waals surface area (Å²) in [4.78, 5) is 4.21. The van der Waals surface area contributed by atoms with Gasteiger partial charge in [0.1, 0.15) is 17.5 Å². The van der Waals surface area contributed by atoms with Gasteiger partial charge in [-0.15, -0.1) is 0 Å². The molecule has 56 valence electrons. The van der Waals surface area contributed by atoms with Crippen LogP contribution in [0.2, 0.25) is 0 Å². The van der Waals surface area contributed by atoms with Crippen LogP contribution in [0.15, 0.2) is 22.9 Å². The summed E-state index contributed by atoms with van der Waals surface area (Å²) in [6.45, 7) is 3.97. The minimum Gasteiger partial charge on any atom is -0.467 e. The smallest absolute Gasteiger partial charge is 0.117 e. The van der Waals surface area contributed by atoms with E-state index in [0.29, 0.717) is 0 Å². The van der Waals surface area contributed by atoms with Gasteiger partial charge in [0.2, 0.25) is 0 Å². The van der Waals surface area contributed by atoms with Crippen LogP contribution in [0.4, 0.5) is 0 Å². The number of hydrogen-bond acceptors (Lipinski definition) is 2. The molecule has 0 spiro atoms. The lowest BCUT2D eigenvalue weighted by Crippen LogP contribution is -1.76. The molecular formula is C9H9NO. The quantitative estimate of drug-likeness (QED) is 0.572. The van der Waals surface area contributed by atoms with Gasteiger partial charge < -0.3 is 4.42 Å². The summed E-state index contributed by atoms with van der Waals surface area (Å²) < 4.78 is 5.21. The molecule has 0 amide bonds. The Bertz CT molecular complexity index is 389. The normalized spacial score (nSPS) is 10.7. The number of aromatic nitrogens is 1. The van der Waals surface area contributed by atoms with Crippen LogP contribution in [0.1, 0.15) is 11.3 Å². The maximum absolute atomic E-state index is 5.21. The molecule has 0 unspecified atom stereocenters. The molecule has 2 nitrogen and oxygen atoms in total. The Labute approximate surface area is 64.9 Å². The Morgan fingerprint density at radius 2 is 2.18 bits per heavy atom. The van der Waals surface area contributed by atoms with Gasteiger partial charge in [0.15, 0.2) is 0 Å². The predicted molar refractivity (Wildman–Crippen MR) is 43.5 cm³/mol. The second-order valence-electron chi connectivity index (χ2n) is 2.74. The number of pyridine rings is 1. The zero-order valence-electron chi connectivity index (χ0n) is 6.59. The second kappa shape index (κ2) is 2.09. The summed E-state index contributed by atoms with van der Waals surface area (Å²) in [5.74, 6) is 0.941. The van der Waals surface area contributed by atoms with Crippen molar-refractivity contribution in [1.82, 2.24) is 4.98 Å². The zero-order chi connectivity index (χ0) is 7.84. The van der Waals surface area contributed by atoms with Gasteiger partial charge in [-0.1, -0.05) is 0 Å². The standard InChI is InChI=1S/C9H9NO/c1-6-3-8-7(2)11-5-9(8)10-4-6/h3-5H,1-2H3. The largest absolute Gasteiger partial charge is 0.467 e. The lowest BCUT2D eigenvalue weighted by atomic mass is 10.2. The minimum absolute atomic E-state index is 0.938. The summed E-state index contributed by atoms with van der Waals surface area (Å²) in [5, 5.41) is 1.12. The highest BCUT2D eigenvalue weighted by Crippen LogP contribution is 2.18. The number of nitrogens with zero attached hydrogens (tertiary/aromatic N) is 1. The molecule has 0 radical (unpaired) electrons. The Balaban J connectivity index is 2.87. The zero-order valence-corrected chi connectivity index (χ0v) is 6.59. The molecule has 0 atom stereocenters. The van der Waals surface area contributed by atoms with E-state index in [1.165, 1.54) is 5.56 Å². The first kappa shape index (κ1) is 6.40. The van der Waals surface area contributed by atoms with E-state index in [4.69, 9.17) is 4.42 Å². The third-order valence-electron chi connectivity index (χ3n) is 1.78. The number of fused-ring (bicyclic) bond motifs is 1. The highest BCUT2D eigenvalue weighted by molar-refractivity contribution is 5.80. The van der Waals surface area contributed by atoms with E-state index in [0.717, 1.165) is 16.7 Å². The molecule has 11 heavy (non-hydrogen) atoms. The average molecular weight is 147 g/mol. The summed E-state index contributed by atoms with van der Waals surface area (Å²) in [5.41, 5.74) is 2.11. The monoisotopic (exact) mass is 147 g/mol. The van der Waals surface area contributed by atoms with E-state index < -0.39 is 0 Å². The SMILES string of the molecule is Cc1cnc2coc(C)c2c1. The first-order valence-corrected chi connectivity index (χ1v) is 3.58. The molecule has 2 aromatic heterocycles. The van der Waals surface area contributed by atoms with Crippen LogP contribution < -0.4 is 0 Å². The second-order valence-corrected chi connectivity index (χ2v) is 2.74. The summed E-state index contributed by atoms with van der Waals surface area (Å²) in [6, 6.07) is 2.08. The highest BCUT2D eigenvalue weighted by atomic mass is 16.3. The van der Waals surface area contributed by atoms with Crippen molar-refractivity contribution < 1.29 is 4.42 Å². The van der Waals surface area contributed by atoms with E-state index in [1.54, 1.807) is 6.26 Å². The fraction of sp³-hybridized carbons (Fsp3) is 0.222. The Morgan fingerprint density at radius 3 is 3.00 bits per heavy atom. The molecule has 0 fully saturated rings. The lowest BCUT2D eigenvalue weighted by molar-refractivity contribution is 0.539. The molecular weight excluding hydrogens is 138 g/mol. The Kier molecular flexibility index (Phi) is 1.22. The van der Waals surface area contributed by atoms with Gasteiger partial charge in [-0.2, -0.15) is 0 Å². The van der Waals surface area contributed by atoms with Crippen LogP contribution in [-0.4, -0.2) is 4.98 Å². The third-order valence-corrected chi connectivity index (χ3v) is 1.78. The Hall–Kier alpha value is -1.31. The van der Waals surface area contributed by atoms with Crippen molar-refractivity contribution in [3.05, 3.63) is 29.9 Å². The van der Waals surface area contributed by atoms with Gasteiger partial charge in [-0.3, -0.25) is 4.98 Å². The van der Waals surface area contributed by atoms with E-state index in [-0.39, 0.29) is 0 Å². The number of rotatable bonds is 0. The molecule has 0 saturated carbocycles. The maximum atomic E-state index is 5.21. The Morgan fingerprint density at radius 1 is 1.36 bits per heavy atom. The molecule has 0 saturated heterocycles. The molecule has 0 N–H and O–H groups in total. The van der Waals surface area contributed by atoms with E-state index in [1.807, 2.05) is 20.0 Å². The van der Waals surface area contributed by atoms with Gasteiger partial charge in [0.25, 0.3) is 0 Å². The summed E-state index contributed by atoms with van der Waals surface area (Å²) in [6.07, 6.45) is 3.53. The van der Waals surface area contributed by atoms with Crippen LogP contribution in [0.25, 0.3) is 10.9 Å². The van der Waals surface area contributed by atoms with Crippen LogP contribution in [0.3, 0.4) is 0 Å². The molecule has 2 aromatic rings. The van der Waals surface area contributed by atoms with Crippen LogP contribution in [0, 0.1) is 13.8 Å². The van der Waals surface area contributed by atoms with Crippen LogP contribution >= 0.6 is 0 Å². The fourth-order valence-corrected chi connectivity index (χ4v) is 1.16. The van der Waals surface area contributed by atoms with Gasteiger partial charge in [-0.05, 0) is 25.5 Å².